The standard InChI is InChI=1S/C16H20BrClN2O4/c1-9(2)8-24-16(23)20-7-11(21)6-14(20)15(22)19-10-3-4-13(18)12(17)5-10/h3-5,9,11,14,21H,6-8H2,1-2H3,(H,19,22)/t11-,14-/m0/s1. The molecule has 0 bridgehead atoms. The van der Waals surface area contributed by atoms with Crippen molar-refractivity contribution in [3.8, 4) is 0 Å². The number of nitrogens with zero attached hydrogens (tertiary/aromatic N) is 1. The topological polar surface area (TPSA) is 78.9 Å². The van der Waals surface area contributed by atoms with Gasteiger partial charge in [-0.2, -0.15) is 0 Å². The molecule has 0 aliphatic carbocycles. The number of hydrogen-bond acceptors (Lipinski definition) is 4. The van der Waals surface area contributed by atoms with Crippen molar-refractivity contribution >= 4 is 45.2 Å². The molecule has 0 saturated carbocycles. The van der Waals surface area contributed by atoms with Crippen LogP contribution in [-0.2, 0) is 9.53 Å². The summed E-state index contributed by atoms with van der Waals surface area (Å²) in [5.74, 6) is -0.178. The molecule has 2 amide bonds. The van der Waals surface area contributed by atoms with Gasteiger partial charge in [0.25, 0.3) is 0 Å². The van der Waals surface area contributed by atoms with Gasteiger partial charge in [0.15, 0.2) is 0 Å². The van der Waals surface area contributed by atoms with Crippen molar-refractivity contribution in [2.24, 2.45) is 5.92 Å². The molecule has 1 aliphatic heterocycles. The van der Waals surface area contributed by atoms with Crippen molar-refractivity contribution in [1.29, 1.82) is 0 Å². The lowest BCUT2D eigenvalue weighted by Gasteiger charge is -2.23. The molecule has 0 spiro atoms. The Bertz CT molecular complexity index is 626. The van der Waals surface area contributed by atoms with E-state index in [-0.39, 0.29) is 31.4 Å². The van der Waals surface area contributed by atoms with Crippen molar-refractivity contribution in [3.63, 3.8) is 0 Å². The van der Waals surface area contributed by atoms with E-state index in [0.29, 0.717) is 15.2 Å². The van der Waals surface area contributed by atoms with E-state index in [1.807, 2.05) is 13.8 Å². The highest BCUT2D eigenvalue weighted by Gasteiger charge is 2.39. The van der Waals surface area contributed by atoms with Crippen molar-refractivity contribution in [1.82, 2.24) is 4.90 Å². The Morgan fingerprint density at radius 2 is 2.21 bits per heavy atom. The third-order valence-electron chi connectivity index (χ3n) is 3.54. The first-order valence-corrected chi connectivity index (χ1v) is 8.82. The van der Waals surface area contributed by atoms with E-state index in [1.165, 1.54) is 4.90 Å². The first kappa shape index (κ1) is 19.0. The number of aliphatic hydroxyl groups is 1. The van der Waals surface area contributed by atoms with Gasteiger partial charge in [0, 0.05) is 16.6 Å². The Labute approximate surface area is 154 Å². The van der Waals surface area contributed by atoms with Gasteiger partial charge in [-0.1, -0.05) is 25.4 Å². The average molecular weight is 420 g/mol. The SMILES string of the molecule is CC(C)COC(=O)N1C[C@@H](O)C[C@H]1C(=O)Nc1ccc(Cl)c(Br)c1. The van der Waals surface area contributed by atoms with E-state index in [2.05, 4.69) is 21.2 Å². The Morgan fingerprint density at radius 1 is 1.50 bits per heavy atom. The van der Waals surface area contributed by atoms with Crippen LogP contribution >= 0.6 is 27.5 Å². The second-order valence-electron chi connectivity index (χ2n) is 6.15. The molecule has 0 unspecified atom stereocenters. The molecule has 1 fully saturated rings. The summed E-state index contributed by atoms with van der Waals surface area (Å²) in [5, 5.41) is 13.1. The highest BCUT2D eigenvalue weighted by atomic mass is 79.9. The molecule has 2 N–H and O–H groups in total. The van der Waals surface area contributed by atoms with Gasteiger partial charge >= 0.3 is 6.09 Å². The zero-order chi connectivity index (χ0) is 17.9. The van der Waals surface area contributed by atoms with Crippen molar-refractivity contribution in [3.05, 3.63) is 27.7 Å². The maximum atomic E-state index is 12.5. The lowest BCUT2D eigenvalue weighted by atomic mass is 10.2. The maximum absolute atomic E-state index is 12.5. The number of nitrogens with one attached hydrogen (secondary N) is 1. The molecule has 2 rings (SSSR count). The van der Waals surface area contributed by atoms with Crippen LogP contribution in [0, 0.1) is 5.92 Å². The lowest BCUT2D eigenvalue weighted by Crippen LogP contribution is -2.43. The Morgan fingerprint density at radius 3 is 2.83 bits per heavy atom. The fourth-order valence-corrected chi connectivity index (χ4v) is 2.88. The molecule has 132 valence electrons. The minimum Gasteiger partial charge on any atom is -0.449 e. The van der Waals surface area contributed by atoms with Crippen LogP contribution in [0.25, 0.3) is 0 Å². The number of hydrogen-bond donors (Lipinski definition) is 2. The molecule has 1 aromatic rings. The monoisotopic (exact) mass is 418 g/mol. The van der Waals surface area contributed by atoms with Gasteiger partial charge in [0.2, 0.25) is 5.91 Å². The summed E-state index contributed by atoms with van der Waals surface area (Å²) in [7, 11) is 0. The number of likely N-dealkylation sites (tertiary alicyclic amines) is 1. The predicted octanol–water partition coefficient (Wildman–Crippen LogP) is 3.27. The van der Waals surface area contributed by atoms with Crippen LogP contribution in [0.5, 0.6) is 0 Å². The molecular formula is C16H20BrClN2O4. The summed E-state index contributed by atoms with van der Waals surface area (Å²) in [4.78, 5) is 25.9. The van der Waals surface area contributed by atoms with E-state index >= 15 is 0 Å². The van der Waals surface area contributed by atoms with Gasteiger partial charge < -0.3 is 15.2 Å². The molecule has 6 nitrogen and oxygen atoms in total. The summed E-state index contributed by atoms with van der Waals surface area (Å²) in [6.45, 7) is 4.20. The number of rotatable bonds is 4. The summed E-state index contributed by atoms with van der Waals surface area (Å²) in [6, 6.07) is 4.22. The number of β-amino-alcohol motifs (C(OH)–C–C–N with tert-alkyl or cyclic N) is 1. The second-order valence-corrected chi connectivity index (χ2v) is 7.41. The van der Waals surface area contributed by atoms with E-state index in [1.54, 1.807) is 18.2 Å². The molecule has 24 heavy (non-hydrogen) atoms. The third kappa shape index (κ3) is 4.84. The number of aliphatic hydroxyl groups excluding tert-OH is 1. The molecule has 1 aliphatic rings. The minimum atomic E-state index is -0.769. The molecule has 1 heterocycles. The molecular weight excluding hydrogens is 400 g/mol. The molecule has 8 heteroatoms. The summed E-state index contributed by atoms with van der Waals surface area (Å²) in [6.07, 6.45) is -1.15. The highest BCUT2D eigenvalue weighted by Crippen LogP contribution is 2.27. The number of amides is 2. The largest absolute Gasteiger partial charge is 0.449 e. The first-order chi connectivity index (χ1) is 11.3. The average Bonchev–Trinajstić information content (AvgIpc) is 2.90. The van der Waals surface area contributed by atoms with Crippen LogP contribution in [0.1, 0.15) is 20.3 Å². The van der Waals surface area contributed by atoms with Gasteiger partial charge in [-0.25, -0.2) is 4.79 Å². The van der Waals surface area contributed by atoms with Gasteiger partial charge in [-0.15, -0.1) is 0 Å². The van der Waals surface area contributed by atoms with Crippen molar-refractivity contribution in [2.45, 2.75) is 32.4 Å². The third-order valence-corrected chi connectivity index (χ3v) is 4.76. The fraction of sp³-hybridized carbons (Fsp3) is 0.500. The second kappa shape index (κ2) is 8.18. The van der Waals surface area contributed by atoms with E-state index in [9.17, 15) is 14.7 Å². The molecule has 1 aromatic carbocycles. The number of benzene rings is 1. The van der Waals surface area contributed by atoms with Crippen molar-refractivity contribution in [2.75, 3.05) is 18.5 Å². The van der Waals surface area contributed by atoms with Gasteiger partial charge in [0.1, 0.15) is 6.04 Å². The molecule has 0 aromatic heterocycles. The van der Waals surface area contributed by atoms with Crippen molar-refractivity contribution < 1.29 is 19.4 Å². The van der Waals surface area contributed by atoms with E-state index in [0.717, 1.165) is 0 Å². The van der Waals surface area contributed by atoms with Crippen LogP contribution in [0.3, 0.4) is 0 Å². The number of ether oxygens (including phenoxy) is 1. The highest BCUT2D eigenvalue weighted by molar-refractivity contribution is 9.10. The summed E-state index contributed by atoms with van der Waals surface area (Å²) >= 11 is 9.22. The molecule has 1 saturated heterocycles. The Hall–Kier alpha value is -1.31. The zero-order valence-corrected chi connectivity index (χ0v) is 15.8. The van der Waals surface area contributed by atoms with E-state index in [4.69, 9.17) is 16.3 Å². The quantitative estimate of drug-likeness (QED) is 0.785. The Kier molecular flexibility index (Phi) is 6.48. The predicted molar refractivity (Wildman–Crippen MR) is 95.1 cm³/mol. The summed E-state index contributed by atoms with van der Waals surface area (Å²) < 4.78 is 5.83. The normalized spacial score (nSPS) is 20.3. The molecule has 2 atom stereocenters. The summed E-state index contributed by atoms with van der Waals surface area (Å²) in [5.41, 5.74) is 0.549. The smallest absolute Gasteiger partial charge is 0.410 e. The number of carbonyl (C=O) groups is 2. The number of halogens is 2. The maximum Gasteiger partial charge on any atom is 0.410 e. The molecule has 0 radical (unpaired) electrons. The van der Waals surface area contributed by atoms with Crippen LogP contribution in [0.4, 0.5) is 10.5 Å². The fourth-order valence-electron chi connectivity index (χ4n) is 2.38. The zero-order valence-electron chi connectivity index (χ0n) is 13.5. The van der Waals surface area contributed by atoms with Gasteiger partial charge in [-0.3, -0.25) is 9.69 Å². The first-order valence-electron chi connectivity index (χ1n) is 7.65. The number of carbonyl (C=O) groups excluding carboxylic acids is 2. The van der Waals surface area contributed by atoms with E-state index < -0.39 is 18.2 Å². The van der Waals surface area contributed by atoms with Crippen LogP contribution < -0.4 is 5.32 Å². The van der Waals surface area contributed by atoms with Crippen LogP contribution in [0.2, 0.25) is 5.02 Å². The van der Waals surface area contributed by atoms with Gasteiger partial charge in [0.05, 0.1) is 24.3 Å². The van der Waals surface area contributed by atoms with Gasteiger partial charge in [-0.05, 0) is 40.0 Å². The minimum absolute atomic E-state index is 0.0827. The Balaban J connectivity index is 2.05. The number of anilines is 1. The van der Waals surface area contributed by atoms with Crippen LogP contribution in [-0.4, -0.2) is 47.3 Å². The lowest BCUT2D eigenvalue weighted by molar-refractivity contribution is -0.120. The van der Waals surface area contributed by atoms with Crippen LogP contribution in [0.15, 0.2) is 22.7 Å².